The number of hydrogen-bond acceptors (Lipinski definition) is 4. The van der Waals surface area contributed by atoms with Crippen molar-refractivity contribution in [2.24, 2.45) is 0 Å². The minimum Gasteiger partial charge on any atom is -0.465 e. The van der Waals surface area contributed by atoms with Gasteiger partial charge < -0.3 is 9.64 Å². The monoisotopic (exact) mass is 254 g/mol. The van der Waals surface area contributed by atoms with Gasteiger partial charge in [0.25, 0.3) is 0 Å². The lowest BCUT2D eigenvalue weighted by molar-refractivity contribution is -0.141. The van der Waals surface area contributed by atoms with Crippen LogP contribution in [0.25, 0.3) is 0 Å². The maximum atomic E-state index is 13.6. The van der Waals surface area contributed by atoms with E-state index in [0.29, 0.717) is 0 Å². The van der Waals surface area contributed by atoms with Crippen molar-refractivity contribution >= 4 is 11.7 Å². The van der Waals surface area contributed by atoms with Gasteiger partial charge in [0.2, 0.25) is 0 Å². The van der Waals surface area contributed by atoms with Gasteiger partial charge in [0.1, 0.15) is 12.6 Å². The molecule has 0 atom stereocenters. The van der Waals surface area contributed by atoms with E-state index in [1.54, 1.807) is 6.92 Å². The average molecular weight is 254 g/mol. The van der Waals surface area contributed by atoms with E-state index in [1.165, 1.54) is 24.1 Å². The van der Waals surface area contributed by atoms with Gasteiger partial charge in [-0.2, -0.15) is 5.26 Å². The Morgan fingerprint density at radius 2 is 2.11 bits per heavy atom. The zero-order chi connectivity index (χ0) is 13.7. The van der Waals surface area contributed by atoms with Crippen molar-refractivity contribution in [1.29, 1.82) is 5.26 Å². The molecule has 1 aromatic rings. The Morgan fingerprint density at radius 3 is 2.67 bits per heavy atom. The molecule has 4 nitrogen and oxygen atoms in total. The van der Waals surface area contributed by atoms with Crippen LogP contribution in [0.3, 0.4) is 0 Å². The number of hydrogen-bond donors (Lipinski definition) is 0. The van der Waals surface area contributed by atoms with E-state index in [4.69, 9.17) is 10.00 Å². The van der Waals surface area contributed by atoms with E-state index in [9.17, 15) is 13.6 Å². The Bertz CT molecular complexity index is 498. The summed E-state index contributed by atoms with van der Waals surface area (Å²) in [6, 6.07) is 3.95. The lowest BCUT2D eigenvalue weighted by atomic mass is 10.2. The highest BCUT2D eigenvalue weighted by atomic mass is 19.2. The molecule has 6 heteroatoms. The smallest absolute Gasteiger partial charge is 0.325 e. The normalized spacial score (nSPS) is 9.72. The maximum Gasteiger partial charge on any atom is 0.325 e. The highest BCUT2D eigenvalue weighted by Crippen LogP contribution is 2.22. The van der Waals surface area contributed by atoms with E-state index in [1.807, 2.05) is 0 Å². The molecule has 0 aromatic heterocycles. The molecular weight excluding hydrogens is 242 g/mol. The average Bonchev–Trinajstić information content (AvgIpc) is 2.32. The Hall–Kier alpha value is -2.16. The van der Waals surface area contributed by atoms with Gasteiger partial charge in [-0.3, -0.25) is 4.79 Å². The van der Waals surface area contributed by atoms with Crippen LogP contribution in [0.2, 0.25) is 0 Å². The molecule has 0 radical (unpaired) electrons. The number of rotatable bonds is 4. The molecule has 0 aliphatic rings. The highest BCUT2D eigenvalue weighted by molar-refractivity contribution is 5.75. The Kier molecular flexibility index (Phi) is 4.60. The number of anilines is 1. The molecule has 0 saturated heterocycles. The van der Waals surface area contributed by atoms with Crippen LogP contribution in [0.4, 0.5) is 14.5 Å². The second-order valence-corrected chi connectivity index (χ2v) is 3.53. The van der Waals surface area contributed by atoms with Crippen molar-refractivity contribution in [2.45, 2.75) is 6.92 Å². The summed E-state index contributed by atoms with van der Waals surface area (Å²) >= 11 is 0. The molecule has 1 rings (SSSR count). The third kappa shape index (κ3) is 2.94. The van der Waals surface area contributed by atoms with Crippen LogP contribution < -0.4 is 4.90 Å². The highest BCUT2D eigenvalue weighted by Gasteiger charge is 2.17. The van der Waals surface area contributed by atoms with Gasteiger partial charge in [-0.1, -0.05) is 0 Å². The molecule has 0 aliphatic heterocycles. The van der Waals surface area contributed by atoms with E-state index < -0.39 is 17.6 Å². The fraction of sp³-hybridized carbons (Fsp3) is 0.333. The van der Waals surface area contributed by atoms with Crippen molar-refractivity contribution in [3.8, 4) is 6.07 Å². The van der Waals surface area contributed by atoms with Gasteiger partial charge >= 0.3 is 5.97 Å². The molecule has 0 aliphatic carbocycles. The van der Waals surface area contributed by atoms with Crippen LogP contribution >= 0.6 is 0 Å². The number of carbonyl (C=O) groups is 1. The van der Waals surface area contributed by atoms with Crippen molar-refractivity contribution in [1.82, 2.24) is 0 Å². The molecule has 0 amide bonds. The summed E-state index contributed by atoms with van der Waals surface area (Å²) < 4.78 is 31.7. The van der Waals surface area contributed by atoms with Crippen molar-refractivity contribution < 1.29 is 18.3 Å². The summed E-state index contributed by atoms with van der Waals surface area (Å²) in [5, 5.41) is 8.54. The van der Waals surface area contributed by atoms with Crippen LogP contribution in [0.5, 0.6) is 0 Å². The molecular formula is C12H12F2N2O2. The molecule has 0 bridgehead atoms. The first kappa shape index (κ1) is 13.9. The second-order valence-electron chi connectivity index (χ2n) is 3.53. The summed E-state index contributed by atoms with van der Waals surface area (Å²) in [5.41, 5.74) is -0.472. The van der Waals surface area contributed by atoms with Crippen LogP contribution in [-0.2, 0) is 9.53 Å². The van der Waals surface area contributed by atoms with Crippen LogP contribution in [0.1, 0.15) is 12.5 Å². The molecule has 0 unspecified atom stereocenters. The number of nitriles is 1. The largest absolute Gasteiger partial charge is 0.465 e. The van der Waals surface area contributed by atoms with Gasteiger partial charge in [0.05, 0.1) is 17.9 Å². The van der Waals surface area contributed by atoms with Crippen LogP contribution in [-0.4, -0.2) is 26.2 Å². The van der Waals surface area contributed by atoms with E-state index >= 15 is 0 Å². The zero-order valence-corrected chi connectivity index (χ0v) is 10.0. The third-order valence-electron chi connectivity index (χ3n) is 2.27. The molecule has 96 valence electrons. The summed E-state index contributed by atoms with van der Waals surface area (Å²) in [4.78, 5) is 12.4. The second kappa shape index (κ2) is 5.96. The molecule has 0 N–H and O–H groups in total. The SMILES string of the molecule is CCOC(=O)CN(C)c1ccc(C#N)c(F)c1F. The third-order valence-corrected chi connectivity index (χ3v) is 2.27. The van der Waals surface area contributed by atoms with Crippen LogP contribution in [0.15, 0.2) is 12.1 Å². The van der Waals surface area contributed by atoms with E-state index in [2.05, 4.69) is 0 Å². The van der Waals surface area contributed by atoms with E-state index in [0.717, 1.165) is 6.07 Å². The molecule has 0 fully saturated rings. The molecule has 18 heavy (non-hydrogen) atoms. The lowest BCUT2D eigenvalue weighted by Crippen LogP contribution is -2.28. The van der Waals surface area contributed by atoms with E-state index in [-0.39, 0.29) is 24.4 Å². The summed E-state index contributed by atoms with van der Waals surface area (Å²) in [6.45, 7) is 1.67. The Labute approximate surface area is 103 Å². The Balaban J connectivity index is 2.94. The fourth-order valence-electron chi connectivity index (χ4n) is 1.41. The number of ether oxygens (including phenoxy) is 1. The molecule has 0 spiro atoms. The number of nitrogens with zero attached hydrogens (tertiary/aromatic N) is 2. The summed E-state index contributed by atoms with van der Waals surface area (Å²) in [6.07, 6.45) is 0. The lowest BCUT2D eigenvalue weighted by Gasteiger charge is -2.19. The predicted octanol–water partition coefficient (Wildman–Crippen LogP) is 1.84. The van der Waals surface area contributed by atoms with Crippen molar-refractivity contribution in [2.75, 3.05) is 25.1 Å². The summed E-state index contributed by atoms with van der Waals surface area (Å²) in [7, 11) is 1.43. The minimum atomic E-state index is -1.22. The predicted molar refractivity (Wildman–Crippen MR) is 61.0 cm³/mol. The molecule has 0 heterocycles. The molecule has 0 saturated carbocycles. The van der Waals surface area contributed by atoms with Crippen molar-refractivity contribution in [3.63, 3.8) is 0 Å². The van der Waals surface area contributed by atoms with Gasteiger partial charge in [0, 0.05) is 7.05 Å². The number of esters is 1. The van der Waals surface area contributed by atoms with Gasteiger partial charge in [0.15, 0.2) is 11.6 Å². The topological polar surface area (TPSA) is 53.3 Å². The van der Waals surface area contributed by atoms with Gasteiger partial charge in [-0.25, -0.2) is 8.78 Å². The Morgan fingerprint density at radius 1 is 1.44 bits per heavy atom. The van der Waals surface area contributed by atoms with Crippen molar-refractivity contribution in [3.05, 3.63) is 29.3 Å². The number of carbonyl (C=O) groups excluding carboxylic acids is 1. The quantitative estimate of drug-likeness (QED) is 0.769. The minimum absolute atomic E-state index is 0.0976. The zero-order valence-electron chi connectivity index (χ0n) is 10.0. The maximum absolute atomic E-state index is 13.6. The van der Waals surface area contributed by atoms with Gasteiger partial charge in [-0.15, -0.1) is 0 Å². The number of halogens is 2. The standard InChI is InChI=1S/C12H12F2N2O2/c1-3-18-10(17)7-16(2)9-5-4-8(6-15)11(13)12(9)14/h4-5H,3,7H2,1-2H3. The fourth-order valence-corrected chi connectivity index (χ4v) is 1.41. The number of benzene rings is 1. The first-order valence-electron chi connectivity index (χ1n) is 5.26. The first-order chi connectivity index (χ1) is 8.51. The number of likely N-dealkylation sites (N-methyl/N-ethyl adjacent to an activating group) is 1. The molecule has 1 aromatic carbocycles. The van der Waals surface area contributed by atoms with Crippen LogP contribution in [0, 0.1) is 23.0 Å². The first-order valence-corrected chi connectivity index (χ1v) is 5.26. The summed E-state index contributed by atoms with van der Waals surface area (Å²) in [5.74, 6) is -2.91. The van der Waals surface area contributed by atoms with Gasteiger partial charge in [-0.05, 0) is 19.1 Å².